The molecule has 0 amide bonds. The maximum absolute atomic E-state index is 12.5. The number of fused-ring (bicyclic) bond motifs is 1. The lowest BCUT2D eigenvalue weighted by Crippen LogP contribution is -2.24. The minimum atomic E-state index is -3.34. The van der Waals surface area contributed by atoms with Gasteiger partial charge in [-0.3, -0.25) is 0 Å². The summed E-state index contributed by atoms with van der Waals surface area (Å²) >= 11 is 0. The van der Waals surface area contributed by atoms with Crippen LogP contribution in [0.2, 0.25) is 0 Å². The topological polar surface area (TPSA) is 88.8 Å². The molecule has 0 aliphatic heterocycles. The first-order chi connectivity index (χ1) is 9.07. The molecule has 0 radical (unpaired) electrons. The van der Waals surface area contributed by atoms with Crippen LogP contribution in [0.15, 0.2) is 23.4 Å². The first kappa shape index (κ1) is 12.5. The van der Waals surface area contributed by atoms with E-state index in [1.54, 1.807) is 18.2 Å². The molecule has 2 aromatic rings. The summed E-state index contributed by atoms with van der Waals surface area (Å²) in [6.07, 6.45) is 4.57. The van der Waals surface area contributed by atoms with E-state index >= 15 is 0 Å². The van der Waals surface area contributed by atoms with Crippen molar-refractivity contribution < 1.29 is 8.42 Å². The van der Waals surface area contributed by atoms with Crippen molar-refractivity contribution in [3.8, 4) is 0 Å². The van der Waals surface area contributed by atoms with Gasteiger partial charge >= 0.3 is 0 Å². The number of nitrogens with two attached hydrogens (primary N) is 1. The molecule has 1 heterocycles. The summed E-state index contributed by atoms with van der Waals surface area (Å²) in [6.45, 7) is 0. The SMILES string of the molecule is Nc1ccc2nc(S(=O)(=O)C3CCCCC3)[nH]c2c1. The lowest BCUT2D eigenvalue weighted by Gasteiger charge is -2.20. The van der Waals surface area contributed by atoms with Gasteiger partial charge in [-0.1, -0.05) is 19.3 Å². The summed E-state index contributed by atoms with van der Waals surface area (Å²) < 4.78 is 25.0. The highest BCUT2D eigenvalue weighted by Gasteiger charge is 2.31. The van der Waals surface area contributed by atoms with E-state index in [1.807, 2.05) is 0 Å². The number of benzene rings is 1. The second kappa shape index (κ2) is 4.52. The molecule has 19 heavy (non-hydrogen) atoms. The van der Waals surface area contributed by atoms with E-state index < -0.39 is 9.84 Å². The van der Waals surface area contributed by atoms with Crippen molar-refractivity contribution in [2.24, 2.45) is 0 Å². The summed E-state index contributed by atoms with van der Waals surface area (Å²) in [5, 5.41) is -0.209. The number of nitrogen functional groups attached to an aromatic ring is 1. The Bertz CT molecular complexity index is 700. The van der Waals surface area contributed by atoms with E-state index in [0.29, 0.717) is 16.7 Å². The Morgan fingerprint density at radius 1 is 1.21 bits per heavy atom. The number of nitrogens with one attached hydrogen (secondary N) is 1. The minimum Gasteiger partial charge on any atom is -0.399 e. The minimum absolute atomic E-state index is 0.0833. The van der Waals surface area contributed by atoms with Gasteiger partial charge in [0.05, 0.1) is 16.3 Å². The van der Waals surface area contributed by atoms with Gasteiger partial charge in [0.15, 0.2) is 0 Å². The van der Waals surface area contributed by atoms with Crippen LogP contribution in [0, 0.1) is 0 Å². The van der Waals surface area contributed by atoms with Crippen LogP contribution in [0.25, 0.3) is 11.0 Å². The quantitative estimate of drug-likeness (QED) is 0.825. The van der Waals surface area contributed by atoms with Crippen LogP contribution in [0.4, 0.5) is 5.69 Å². The molecule has 1 aromatic carbocycles. The van der Waals surface area contributed by atoms with Crippen LogP contribution in [0.5, 0.6) is 0 Å². The van der Waals surface area contributed by atoms with Gasteiger partial charge in [0.2, 0.25) is 15.0 Å². The smallest absolute Gasteiger partial charge is 0.226 e. The van der Waals surface area contributed by atoms with Gasteiger partial charge in [0, 0.05) is 5.69 Å². The zero-order valence-electron chi connectivity index (χ0n) is 10.6. The van der Waals surface area contributed by atoms with Gasteiger partial charge in [0.25, 0.3) is 0 Å². The number of imidazole rings is 1. The number of hydrogen-bond acceptors (Lipinski definition) is 4. The van der Waals surface area contributed by atoms with Crippen molar-refractivity contribution in [1.82, 2.24) is 9.97 Å². The number of aromatic nitrogens is 2. The van der Waals surface area contributed by atoms with Crippen LogP contribution >= 0.6 is 0 Å². The molecule has 1 saturated carbocycles. The highest BCUT2D eigenvalue weighted by atomic mass is 32.2. The molecule has 0 unspecified atom stereocenters. The van der Waals surface area contributed by atoms with E-state index in [9.17, 15) is 8.42 Å². The molecule has 0 saturated heterocycles. The first-order valence-electron chi connectivity index (χ1n) is 6.56. The summed E-state index contributed by atoms with van der Waals surface area (Å²) in [5.74, 6) is 0. The third kappa shape index (κ3) is 2.20. The normalized spacial score (nSPS) is 17.9. The maximum atomic E-state index is 12.5. The Hall–Kier alpha value is -1.56. The Morgan fingerprint density at radius 3 is 2.68 bits per heavy atom. The molecule has 1 aliphatic carbocycles. The summed E-state index contributed by atoms with van der Waals surface area (Å²) in [6, 6.07) is 5.17. The molecule has 3 N–H and O–H groups in total. The second-order valence-corrected chi connectivity index (χ2v) is 7.27. The molecule has 0 spiro atoms. The van der Waals surface area contributed by atoms with Gasteiger partial charge in [0.1, 0.15) is 0 Å². The van der Waals surface area contributed by atoms with E-state index in [0.717, 1.165) is 32.1 Å². The van der Waals surface area contributed by atoms with Crippen molar-refractivity contribution in [2.75, 3.05) is 5.73 Å². The van der Waals surface area contributed by atoms with Crippen LogP contribution in [-0.2, 0) is 9.84 Å². The number of hydrogen-bond donors (Lipinski definition) is 2. The lowest BCUT2D eigenvalue weighted by molar-refractivity contribution is 0.481. The van der Waals surface area contributed by atoms with Gasteiger partial charge in [-0.25, -0.2) is 13.4 Å². The molecule has 1 fully saturated rings. The van der Waals surface area contributed by atoms with Crippen molar-refractivity contribution in [2.45, 2.75) is 42.5 Å². The first-order valence-corrected chi connectivity index (χ1v) is 8.11. The summed E-state index contributed by atoms with van der Waals surface area (Å²) in [5.41, 5.74) is 7.60. The Balaban J connectivity index is 2.02. The number of aromatic amines is 1. The molecular weight excluding hydrogens is 262 g/mol. The van der Waals surface area contributed by atoms with Crippen LogP contribution < -0.4 is 5.73 Å². The fraction of sp³-hybridized carbons (Fsp3) is 0.462. The number of nitrogens with zero attached hydrogens (tertiary/aromatic N) is 1. The molecule has 1 aromatic heterocycles. The molecule has 1 aliphatic rings. The molecule has 5 nitrogen and oxygen atoms in total. The molecule has 6 heteroatoms. The lowest BCUT2D eigenvalue weighted by atomic mass is 10.0. The van der Waals surface area contributed by atoms with E-state index in [-0.39, 0.29) is 10.4 Å². The predicted octanol–water partition coefficient (Wildman–Crippen LogP) is 2.25. The zero-order valence-corrected chi connectivity index (χ0v) is 11.4. The van der Waals surface area contributed by atoms with Gasteiger partial charge in [-0.2, -0.15) is 0 Å². The monoisotopic (exact) mass is 279 g/mol. The molecule has 102 valence electrons. The number of sulfone groups is 1. The van der Waals surface area contributed by atoms with Crippen LogP contribution in [0.3, 0.4) is 0 Å². The Kier molecular flexibility index (Phi) is 2.97. The van der Waals surface area contributed by atoms with E-state index in [1.165, 1.54) is 0 Å². The van der Waals surface area contributed by atoms with Crippen LogP contribution in [-0.4, -0.2) is 23.6 Å². The standard InChI is InChI=1S/C13H17N3O2S/c14-9-6-7-11-12(8-9)16-13(15-11)19(17,18)10-4-2-1-3-5-10/h6-8,10H,1-5,14H2,(H,15,16). The third-order valence-electron chi connectivity index (χ3n) is 3.74. The highest BCUT2D eigenvalue weighted by Crippen LogP contribution is 2.28. The van der Waals surface area contributed by atoms with Gasteiger partial charge in [-0.15, -0.1) is 0 Å². The second-order valence-electron chi connectivity index (χ2n) is 5.12. The highest BCUT2D eigenvalue weighted by molar-refractivity contribution is 7.91. The van der Waals surface area contributed by atoms with Gasteiger partial charge in [-0.05, 0) is 31.0 Å². The average molecular weight is 279 g/mol. The Labute approximate surface area is 112 Å². The van der Waals surface area contributed by atoms with Crippen molar-refractivity contribution >= 4 is 26.6 Å². The molecule has 0 atom stereocenters. The molecular formula is C13H17N3O2S. The molecule has 0 bridgehead atoms. The van der Waals surface area contributed by atoms with Crippen LogP contribution in [0.1, 0.15) is 32.1 Å². The summed E-state index contributed by atoms with van der Waals surface area (Å²) in [7, 11) is -3.34. The van der Waals surface area contributed by atoms with E-state index in [4.69, 9.17) is 5.73 Å². The average Bonchev–Trinajstić information content (AvgIpc) is 2.83. The van der Waals surface area contributed by atoms with Gasteiger partial charge < -0.3 is 10.7 Å². The largest absolute Gasteiger partial charge is 0.399 e. The summed E-state index contributed by atoms with van der Waals surface area (Å²) in [4.78, 5) is 7.10. The van der Waals surface area contributed by atoms with Crippen molar-refractivity contribution in [3.63, 3.8) is 0 Å². The molecule has 3 rings (SSSR count). The van der Waals surface area contributed by atoms with E-state index in [2.05, 4.69) is 9.97 Å². The maximum Gasteiger partial charge on any atom is 0.226 e. The zero-order chi connectivity index (χ0) is 13.5. The Morgan fingerprint density at radius 2 is 1.95 bits per heavy atom. The number of anilines is 1. The fourth-order valence-electron chi connectivity index (χ4n) is 2.67. The van der Waals surface area contributed by atoms with Crippen molar-refractivity contribution in [3.05, 3.63) is 18.2 Å². The third-order valence-corrected chi connectivity index (χ3v) is 5.83. The predicted molar refractivity (Wildman–Crippen MR) is 74.6 cm³/mol. The van der Waals surface area contributed by atoms with Crippen molar-refractivity contribution in [1.29, 1.82) is 0 Å². The number of H-pyrrole nitrogens is 1. The number of rotatable bonds is 2. The fourth-order valence-corrected chi connectivity index (χ4v) is 4.42.